The van der Waals surface area contributed by atoms with Gasteiger partial charge in [0.15, 0.2) is 5.69 Å². The van der Waals surface area contributed by atoms with Crippen molar-refractivity contribution in [3.05, 3.63) is 45.8 Å². The van der Waals surface area contributed by atoms with Crippen LogP contribution in [0.4, 0.5) is 11.4 Å². The molecule has 110 valence electrons. The van der Waals surface area contributed by atoms with Crippen LogP contribution in [0.25, 0.3) is 0 Å². The van der Waals surface area contributed by atoms with Crippen LogP contribution in [0.1, 0.15) is 16.1 Å². The average Bonchev–Trinajstić information content (AvgIpc) is 2.87. The Morgan fingerprint density at radius 1 is 1.52 bits per heavy atom. The van der Waals surface area contributed by atoms with Crippen LogP contribution in [0, 0.1) is 17.0 Å². The lowest BCUT2D eigenvalue weighted by molar-refractivity contribution is -0.385. The molecule has 2 aromatic rings. The van der Waals surface area contributed by atoms with Crippen LogP contribution < -0.4 is 5.32 Å². The Morgan fingerprint density at radius 3 is 2.86 bits per heavy atom. The molecule has 1 aromatic heterocycles. The highest BCUT2D eigenvalue weighted by molar-refractivity contribution is 5.84. The summed E-state index contributed by atoms with van der Waals surface area (Å²) in [4.78, 5) is 20.9. The summed E-state index contributed by atoms with van der Waals surface area (Å²) in [6, 6.07) is 4.74. The predicted octanol–water partition coefficient (Wildman–Crippen LogP) is 1.31. The number of carboxylic acid groups (broad SMARTS) is 1. The van der Waals surface area contributed by atoms with E-state index in [1.54, 1.807) is 19.1 Å². The van der Waals surface area contributed by atoms with Gasteiger partial charge in [-0.15, -0.1) is 5.10 Å². The van der Waals surface area contributed by atoms with Crippen molar-refractivity contribution in [1.29, 1.82) is 0 Å². The lowest BCUT2D eigenvalue weighted by atomic mass is 10.2. The van der Waals surface area contributed by atoms with Gasteiger partial charge in [-0.1, -0.05) is 5.21 Å². The molecule has 9 heteroatoms. The van der Waals surface area contributed by atoms with E-state index in [0.29, 0.717) is 18.7 Å². The van der Waals surface area contributed by atoms with Crippen molar-refractivity contribution in [2.45, 2.75) is 13.5 Å². The van der Waals surface area contributed by atoms with Gasteiger partial charge in [0, 0.05) is 23.9 Å². The maximum Gasteiger partial charge on any atom is 0.358 e. The van der Waals surface area contributed by atoms with Crippen LogP contribution in [0.3, 0.4) is 0 Å². The minimum absolute atomic E-state index is 0.0722. The summed E-state index contributed by atoms with van der Waals surface area (Å²) in [6.45, 7) is 2.58. The number of nitro benzene ring substituents is 1. The fourth-order valence-corrected chi connectivity index (χ4v) is 1.79. The summed E-state index contributed by atoms with van der Waals surface area (Å²) in [5.41, 5.74) is 1.28. The highest BCUT2D eigenvalue weighted by atomic mass is 16.6. The molecule has 21 heavy (non-hydrogen) atoms. The number of nitrogens with zero attached hydrogens (tertiary/aromatic N) is 4. The number of carboxylic acids is 1. The van der Waals surface area contributed by atoms with Gasteiger partial charge >= 0.3 is 5.97 Å². The van der Waals surface area contributed by atoms with E-state index in [2.05, 4.69) is 15.6 Å². The number of hydrogen-bond acceptors (Lipinski definition) is 6. The Hall–Kier alpha value is -2.97. The molecule has 2 N–H and O–H groups in total. The minimum Gasteiger partial charge on any atom is -0.476 e. The molecule has 0 unspecified atom stereocenters. The Labute approximate surface area is 119 Å². The van der Waals surface area contributed by atoms with Crippen molar-refractivity contribution in [3.8, 4) is 0 Å². The third kappa shape index (κ3) is 3.53. The van der Waals surface area contributed by atoms with Crippen LogP contribution in [0.5, 0.6) is 0 Å². The van der Waals surface area contributed by atoms with Crippen LogP contribution in [0.2, 0.25) is 0 Å². The third-order valence-corrected chi connectivity index (χ3v) is 2.82. The van der Waals surface area contributed by atoms with E-state index in [1.165, 1.54) is 16.9 Å². The lowest BCUT2D eigenvalue weighted by Gasteiger charge is -2.07. The van der Waals surface area contributed by atoms with Crippen LogP contribution in [-0.4, -0.2) is 37.5 Å². The molecule has 0 bridgehead atoms. The number of carbonyl (C=O) groups is 1. The predicted molar refractivity (Wildman–Crippen MR) is 73.3 cm³/mol. The molecule has 0 saturated heterocycles. The topological polar surface area (TPSA) is 123 Å². The first kappa shape index (κ1) is 14.4. The maximum atomic E-state index is 10.7. The molecule has 1 aromatic carbocycles. The molecule has 0 aliphatic heterocycles. The zero-order valence-electron chi connectivity index (χ0n) is 11.2. The van der Waals surface area contributed by atoms with Gasteiger partial charge in [0.25, 0.3) is 5.69 Å². The first-order valence-corrected chi connectivity index (χ1v) is 6.09. The average molecular weight is 291 g/mol. The quantitative estimate of drug-likeness (QED) is 0.607. The Bertz CT molecular complexity index is 682. The molecule has 2 rings (SSSR count). The second-order valence-corrected chi connectivity index (χ2v) is 4.36. The van der Waals surface area contributed by atoms with Crippen molar-refractivity contribution in [1.82, 2.24) is 15.0 Å². The molecule has 0 aliphatic carbocycles. The van der Waals surface area contributed by atoms with Crippen molar-refractivity contribution >= 4 is 17.3 Å². The molecule has 9 nitrogen and oxygen atoms in total. The molecule has 0 atom stereocenters. The number of aryl methyl sites for hydroxylation is 1. The number of benzene rings is 1. The summed E-state index contributed by atoms with van der Waals surface area (Å²) < 4.78 is 1.41. The fourth-order valence-electron chi connectivity index (χ4n) is 1.79. The van der Waals surface area contributed by atoms with Gasteiger partial charge in [-0.3, -0.25) is 10.1 Å². The molecular weight excluding hydrogens is 278 g/mol. The number of nitro groups is 1. The fraction of sp³-hybridized carbons (Fsp3) is 0.250. The zero-order valence-corrected chi connectivity index (χ0v) is 11.2. The summed E-state index contributed by atoms with van der Waals surface area (Å²) in [5, 5.41) is 29.7. The number of rotatable bonds is 6. The van der Waals surface area contributed by atoms with E-state index in [0.717, 1.165) is 5.69 Å². The first-order valence-electron chi connectivity index (χ1n) is 6.09. The highest BCUT2D eigenvalue weighted by Crippen LogP contribution is 2.21. The van der Waals surface area contributed by atoms with Gasteiger partial charge in [0.1, 0.15) is 0 Å². The Kier molecular flexibility index (Phi) is 4.12. The number of aromatic nitrogens is 3. The van der Waals surface area contributed by atoms with E-state index >= 15 is 0 Å². The van der Waals surface area contributed by atoms with E-state index in [9.17, 15) is 14.9 Å². The van der Waals surface area contributed by atoms with E-state index in [4.69, 9.17) is 5.11 Å². The van der Waals surface area contributed by atoms with Crippen molar-refractivity contribution in [2.24, 2.45) is 0 Å². The van der Waals surface area contributed by atoms with Crippen LogP contribution in [-0.2, 0) is 6.54 Å². The van der Waals surface area contributed by atoms with Gasteiger partial charge in [-0.2, -0.15) is 0 Å². The van der Waals surface area contributed by atoms with Crippen molar-refractivity contribution in [3.63, 3.8) is 0 Å². The zero-order chi connectivity index (χ0) is 15.4. The molecule has 0 saturated carbocycles. The molecule has 0 amide bonds. The second kappa shape index (κ2) is 5.99. The normalized spacial score (nSPS) is 10.3. The van der Waals surface area contributed by atoms with Crippen molar-refractivity contribution < 1.29 is 14.8 Å². The largest absolute Gasteiger partial charge is 0.476 e. The van der Waals surface area contributed by atoms with E-state index < -0.39 is 10.9 Å². The van der Waals surface area contributed by atoms with E-state index in [-0.39, 0.29) is 11.4 Å². The monoisotopic (exact) mass is 291 g/mol. The molecule has 0 radical (unpaired) electrons. The van der Waals surface area contributed by atoms with Gasteiger partial charge in [0.2, 0.25) is 0 Å². The number of hydrogen-bond donors (Lipinski definition) is 2. The molecule has 0 aliphatic rings. The summed E-state index contributed by atoms with van der Waals surface area (Å²) in [6.07, 6.45) is 1.34. The SMILES string of the molecule is Cc1cc(NCCn2cc(C(=O)O)nn2)ccc1[N+](=O)[O-]. The molecule has 1 heterocycles. The van der Waals surface area contributed by atoms with Gasteiger partial charge in [-0.05, 0) is 19.1 Å². The standard InChI is InChI=1S/C12H13N5O4/c1-8-6-9(2-3-11(8)17(20)21)13-4-5-16-7-10(12(18)19)14-15-16/h2-3,6-7,13H,4-5H2,1H3,(H,18,19). The van der Waals surface area contributed by atoms with Gasteiger partial charge < -0.3 is 10.4 Å². The number of nitrogens with one attached hydrogen (secondary N) is 1. The minimum atomic E-state index is -1.12. The molecule has 0 spiro atoms. The van der Waals surface area contributed by atoms with Crippen LogP contribution in [0.15, 0.2) is 24.4 Å². The van der Waals surface area contributed by atoms with E-state index in [1.807, 2.05) is 0 Å². The van der Waals surface area contributed by atoms with Crippen LogP contribution >= 0.6 is 0 Å². The molecular formula is C12H13N5O4. The summed E-state index contributed by atoms with van der Waals surface area (Å²) >= 11 is 0. The number of anilines is 1. The number of aromatic carboxylic acids is 1. The highest BCUT2D eigenvalue weighted by Gasteiger charge is 2.10. The smallest absolute Gasteiger partial charge is 0.358 e. The third-order valence-electron chi connectivity index (χ3n) is 2.82. The lowest BCUT2D eigenvalue weighted by Crippen LogP contribution is -2.11. The van der Waals surface area contributed by atoms with Gasteiger partial charge in [0.05, 0.1) is 17.7 Å². The second-order valence-electron chi connectivity index (χ2n) is 4.36. The molecule has 0 fully saturated rings. The summed E-state index contributed by atoms with van der Waals surface area (Å²) in [7, 11) is 0. The maximum absolute atomic E-state index is 10.7. The first-order chi connectivity index (χ1) is 9.97. The van der Waals surface area contributed by atoms with Gasteiger partial charge in [-0.25, -0.2) is 9.48 Å². The Balaban J connectivity index is 1.92. The van der Waals surface area contributed by atoms with Crippen molar-refractivity contribution in [2.75, 3.05) is 11.9 Å². The summed E-state index contributed by atoms with van der Waals surface area (Å²) in [5.74, 6) is -1.12. The Morgan fingerprint density at radius 2 is 2.29 bits per heavy atom.